The molecule has 2 atom stereocenters. The van der Waals surface area contributed by atoms with Crippen LogP contribution in [0, 0.1) is 11.8 Å². The second-order valence-corrected chi connectivity index (χ2v) is 7.31. The Bertz CT molecular complexity index is 620. The number of benzene rings is 1. The molecule has 0 spiro atoms. The van der Waals surface area contributed by atoms with Crippen LogP contribution in [-0.4, -0.2) is 36.7 Å². The number of ketones is 2. The van der Waals surface area contributed by atoms with Crippen molar-refractivity contribution in [1.82, 2.24) is 5.32 Å². The first-order valence-corrected chi connectivity index (χ1v) is 9.42. The molecule has 1 aromatic carbocycles. The molecule has 0 aromatic heterocycles. The zero-order valence-corrected chi connectivity index (χ0v) is 15.9. The second-order valence-electron chi connectivity index (χ2n) is 7.31. The molecule has 26 heavy (non-hydrogen) atoms. The molecule has 5 nitrogen and oxygen atoms in total. The first kappa shape index (κ1) is 20.3. The Morgan fingerprint density at radius 2 is 1.65 bits per heavy atom. The van der Waals surface area contributed by atoms with Crippen LogP contribution in [0.2, 0.25) is 0 Å². The van der Waals surface area contributed by atoms with Crippen molar-refractivity contribution in [2.24, 2.45) is 11.8 Å². The molecule has 0 amide bonds. The Morgan fingerprint density at radius 3 is 2.19 bits per heavy atom. The lowest BCUT2D eigenvalue weighted by Gasteiger charge is -2.29. The van der Waals surface area contributed by atoms with Crippen LogP contribution in [0.1, 0.15) is 56.3 Å². The number of ether oxygens (including phenoxy) is 1. The van der Waals surface area contributed by atoms with E-state index in [1.807, 2.05) is 19.9 Å². The van der Waals surface area contributed by atoms with Gasteiger partial charge in [-0.05, 0) is 18.8 Å². The normalized spacial score (nSPS) is 17.5. The van der Waals surface area contributed by atoms with E-state index in [9.17, 15) is 14.4 Å². The molecule has 0 aliphatic heterocycles. The number of hydrogen-bond acceptors (Lipinski definition) is 5. The highest BCUT2D eigenvalue weighted by molar-refractivity contribution is 6.15. The third kappa shape index (κ3) is 5.01. The van der Waals surface area contributed by atoms with Crippen LogP contribution in [0.5, 0.6) is 0 Å². The van der Waals surface area contributed by atoms with E-state index in [0.717, 1.165) is 32.1 Å². The minimum absolute atomic E-state index is 0.104. The van der Waals surface area contributed by atoms with Crippen molar-refractivity contribution in [1.29, 1.82) is 0 Å². The van der Waals surface area contributed by atoms with Crippen molar-refractivity contribution in [3.63, 3.8) is 0 Å². The average molecular weight is 359 g/mol. The van der Waals surface area contributed by atoms with E-state index in [1.54, 1.807) is 24.3 Å². The molecular weight excluding hydrogens is 330 g/mol. The van der Waals surface area contributed by atoms with Gasteiger partial charge in [-0.15, -0.1) is 0 Å². The summed E-state index contributed by atoms with van der Waals surface area (Å²) in [6, 6.07) is 7.05. The Labute approximate surface area is 155 Å². The summed E-state index contributed by atoms with van der Waals surface area (Å²) in [6.45, 7) is 3.73. The molecule has 2 rings (SSSR count). The van der Waals surface area contributed by atoms with Crippen LogP contribution >= 0.6 is 0 Å². The van der Waals surface area contributed by atoms with Gasteiger partial charge in [-0.1, -0.05) is 63.4 Å². The van der Waals surface area contributed by atoms with Gasteiger partial charge >= 0.3 is 5.97 Å². The van der Waals surface area contributed by atoms with Crippen molar-refractivity contribution in [2.75, 3.05) is 7.11 Å². The molecule has 1 aliphatic rings. The van der Waals surface area contributed by atoms with Crippen LogP contribution in [0.15, 0.2) is 30.3 Å². The van der Waals surface area contributed by atoms with Gasteiger partial charge in [-0.3, -0.25) is 19.7 Å². The largest absolute Gasteiger partial charge is 0.468 e. The topological polar surface area (TPSA) is 72.5 Å². The summed E-state index contributed by atoms with van der Waals surface area (Å²) in [5.41, 5.74) is 0.474. The van der Waals surface area contributed by atoms with E-state index < -0.39 is 18.1 Å². The number of methoxy groups -OCH3 is 1. The standard InChI is InChI=1S/C21H29NO4/c1-14(2)17(21(25)26-3)22-18(19(23)15-10-6-4-7-11-15)20(24)16-12-8-5-9-13-16/h4,6-7,10-11,14,16-18,22H,5,8-9,12-13H2,1-3H3. The second kappa shape index (κ2) is 9.62. The molecule has 1 fully saturated rings. The Kier molecular flexibility index (Phi) is 7.51. The summed E-state index contributed by atoms with van der Waals surface area (Å²) >= 11 is 0. The predicted octanol–water partition coefficient (Wildman–Crippen LogP) is 3.17. The highest BCUT2D eigenvalue weighted by Crippen LogP contribution is 2.26. The summed E-state index contributed by atoms with van der Waals surface area (Å²) in [7, 11) is 1.32. The monoisotopic (exact) mass is 359 g/mol. The third-order valence-corrected chi connectivity index (χ3v) is 5.08. The number of nitrogens with one attached hydrogen (secondary N) is 1. The Morgan fingerprint density at radius 1 is 1.04 bits per heavy atom. The summed E-state index contributed by atoms with van der Waals surface area (Å²) < 4.78 is 4.86. The maximum atomic E-state index is 13.1. The van der Waals surface area contributed by atoms with Crippen LogP contribution < -0.4 is 5.32 Å². The van der Waals surface area contributed by atoms with Gasteiger partial charge in [-0.2, -0.15) is 0 Å². The van der Waals surface area contributed by atoms with E-state index >= 15 is 0 Å². The van der Waals surface area contributed by atoms with Crippen molar-refractivity contribution in [3.8, 4) is 0 Å². The number of carbonyl (C=O) groups is 3. The van der Waals surface area contributed by atoms with Gasteiger partial charge in [0.2, 0.25) is 0 Å². The lowest BCUT2D eigenvalue weighted by molar-refractivity contribution is -0.144. The number of hydrogen-bond donors (Lipinski definition) is 1. The lowest BCUT2D eigenvalue weighted by Crippen LogP contribution is -2.55. The fourth-order valence-corrected chi connectivity index (χ4v) is 3.52. The number of carbonyl (C=O) groups excluding carboxylic acids is 3. The van der Waals surface area contributed by atoms with Crippen LogP contribution in [0.4, 0.5) is 0 Å². The van der Waals surface area contributed by atoms with Crippen LogP contribution in [0.3, 0.4) is 0 Å². The number of Topliss-reactive ketones (excluding diaryl/α,β-unsaturated/α-hetero) is 2. The Hall–Kier alpha value is -2.01. The fourth-order valence-electron chi connectivity index (χ4n) is 3.52. The SMILES string of the molecule is COC(=O)C(NC(C(=O)c1ccccc1)C(=O)C1CCCCC1)C(C)C. The molecule has 0 bridgehead atoms. The van der Waals surface area contributed by atoms with E-state index in [0.29, 0.717) is 5.56 Å². The van der Waals surface area contributed by atoms with Crippen molar-refractivity contribution in [3.05, 3.63) is 35.9 Å². The molecule has 1 saturated carbocycles. The first-order valence-electron chi connectivity index (χ1n) is 9.42. The van der Waals surface area contributed by atoms with Gasteiger partial charge in [0.1, 0.15) is 12.1 Å². The van der Waals surface area contributed by atoms with Crippen molar-refractivity contribution < 1.29 is 19.1 Å². The molecule has 0 heterocycles. The molecule has 0 radical (unpaired) electrons. The number of esters is 1. The highest BCUT2D eigenvalue weighted by Gasteiger charge is 2.37. The third-order valence-electron chi connectivity index (χ3n) is 5.08. The van der Waals surface area contributed by atoms with Crippen molar-refractivity contribution in [2.45, 2.75) is 58.0 Å². The quantitative estimate of drug-likeness (QED) is 0.438. The predicted molar refractivity (Wildman–Crippen MR) is 99.9 cm³/mol. The van der Waals surface area contributed by atoms with Crippen molar-refractivity contribution >= 4 is 17.5 Å². The summed E-state index contributed by atoms with van der Waals surface area (Å²) in [4.78, 5) is 38.3. The maximum Gasteiger partial charge on any atom is 0.323 e. The van der Waals surface area contributed by atoms with Gasteiger partial charge in [0.25, 0.3) is 0 Å². The lowest BCUT2D eigenvalue weighted by atomic mass is 9.81. The highest BCUT2D eigenvalue weighted by atomic mass is 16.5. The van der Waals surface area contributed by atoms with E-state index in [1.165, 1.54) is 7.11 Å². The number of rotatable bonds is 8. The first-order chi connectivity index (χ1) is 12.5. The zero-order valence-electron chi connectivity index (χ0n) is 15.9. The molecule has 5 heteroatoms. The van der Waals surface area contributed by atoms with Gasteiger partial charge < -0.3 is 4.74 Å². The molecule has 2 unspecified atom stereocenters. The van der Waals surface area contributed by atoms with Gasteiger partial charge in [0.15, 0.2) is 11.6 Å². The molecule has 1 N–H and O–H groups in total. The molecule has 142 valence electrons. The van der Waals surface area contributed by atoms with Crippen LogP contribution in [-0.2, 0) is 14.3 Å². The summed E-state index contributed by atoms with van der Waals surface area (Å²) in [5.74, 6) is -1.07. The molecule has 1 aromatic rings. The minimum Gasteiger partial charge on any atom is -0.468 e. The molecular formula is C21H29NO4. The summed E-state index contributed by atoms with van der Waals surface area (Å²) in [5, 5.41) is 3.03. The van der Waals surface area contributed by atoms with Gasteiger partial charge in [-0.25, -0.2) is 0 Å². The van der Waals surface area contributed by atoms with Crippen LogP contribution in [0.25, 0.3) is 0 Å². The van der Waals surface area contributed by atoms with E-state index in [-0.39, 0.29) is 23.4 Å². The zero-order chi connectivity index (χ0) is 19.1. The fraction of sp³-hybridized carbons (Fsp3) is 0.571. The smallest absolute Gasteiger partial charge is 0.323 e. The van der Waals surface area contributed by atoms with E-state index in [2.05, 4.69) is 5.32 Å². The Balaban J connectivity index is 2.29. The maximum absolute atomic E-state index is 13.1. The van der Waals surface area contributed by atoms with E-state index in [4.69, 9.17) is 4.74 Å². The van der Waals surface area contributed by atoms with Gasteiger partial charge in [0, 0.05) is 11.5 Å². The summed E-state index contributed by atoms with van der Waals surface area (Å²) in [6.07, 6.45) is 4.76. The minimum atomic E-state index is -1.02. The molecule has 1 aliphatic carbocycles. The van der Waals surface area contributed by atoms with Gasteiger partial charge in [0.05, 0.1) is 7.11 Å². The average Bonchev–Trinajstić information content (AvgIpc) is 2.68. The molecule has 0 saturated heterocycles.